The van der Waals surface area contributed by atoms with E-state index in [0.717, 1.165) is 44.3 Å². The predicted octanol–water partition coefficient (Wildman–Crippen LogP) is 3.43. The number of para-hydroxylation sites is 1. The topological polar surface area (TPSA) is 44.8 Å². The summed E-state index contributed by atoms with van der Waals surface area (Å²) in [4.78, 5) is 5.70. The maximum atomic E-state index is 12.5. The summed E-state index contributed by atoms with van der Waals surface area (Å²) in [5.41, 5.74) is 3.94. The highest BCUT2D eigenvalue weighted by molar-refractivity contribution is 6.04. The molecule has 0 atom stereocenters. The fourth-order valence-electron chi connectivity index (χ4n) is 3.13. The zero-order valence-corrected chi connectivity index (χ0v) is 12.9. The number of hydrogen-bond acceptors (Lipinski definition) is 2. The maximum absolute atomic E-state index is 12.5. The summed E-state index contributed by atoms with van der Waals surface area (Å²) < 4.78 is 1.77. The van der Waals surface area contributed by atoms with Crippen LogP contribution in [-0.2, 0) is 13.0 Å². The van der Waals surface area contributed by atoms with Gasteiger partial charge in [-0.2, -0.15) is 0 Å². The van der Waals surface area contributed by atoms with Gasteiger partial charge in [0.15, 0.2) is 0 Å². The van der Waals surface area contributed by atoms with Crippen molar-refractivity contribution in [2.24, 2.45) is 0 Å². The molecule has 114 valence electrons. The van der Waals surface area contributed by atoms with Crippen molar-refractivity contribution in [3.05, 3.63) is 77.3 Å². The van der Waals surface area contributed by atoms with Crippen LogP contribution in [0.15, 0.2) is 60.8 Å². The molecule has 2 aromatic carbocycles. The highest BCUT2D eigenvalue weighted by atomic mass is 16.5. The molecule has 0 unspecified atom stereocenters. The minimum Gasteiger partial charge on any atom is -0.596 e. The Balaban J connectivity index is 2.01. The van der Waals surface area contributed by atoms with Gasteiger partial charge in [0.2, 0.25) is 6.20 Å². The Morgan fingerprint density at radius 3 is 2.52 bits per heavy atom. The van der Waals surface area contributed by atoms with Gasteiger partial charge in [0, 0.05) is 5.39 Å². The van der Waals surface area contributed by atoms with Crippen molar-refractivity contribution in [2.45, 2.75) is 19.9 Å². The summed E-state index contributed by atoms with van der Waals surface area (Å²) in [7, 11) is 0. The van der Waals surface area contributed by atoms with E-state index in [1.165, 1.54) is 0 Å². The summed E-state index contributed by atoms with van der Waals surface area (Å²) in [6.45, 7) is 2.62. The Bertz CT molecular complexity index is 990. The number of rotatable bonds is 3. The van der Waals surface area contributed by atoms with Crippen LogP contribution in [0.2, 0.25) is 0 Å². The molecule has 0 spiro atoms. The number of fused-ring (bicyclic) bond motifs is 3. The average Bonchev–Trinajstić information content (AvgIpc) is 2.92. The van der Waals surface area contributed by atoms with Crippen molar-refractivity contribution in [3.8, 4) is 0 Å². The number of aromatic nitrogens is 3. The molecular weight excluding hydrogens is 286 g/mol. The van der Waals surface area contributed by atoms with E-state index in [4.69, 9.17) is 4.98 Å². The van der Waals surface area contributed by atoms with Gasteiger partial charge in [-0.15, -0.1) is 4.68 Å². The van der Waals surface area contributed by atoms with E-state index in [9.17, 15) is 5.21 Å². The Kier molecular flexibility index (Phi) is 3.23. The third-order valence-electron chi connectivity index (χ3n) is 4.22. The third kappa shape index (κ3) is 2.23. The molecule has 4 heteroatoms. The van der Waals surface area contributed by atoms with Gasteiger partial charge in [0.1, 0.15) is 12.1 Å². The van der Waals surface area contributed by atoms with Crippen molar-refractivity contribution < 1.29 is 4.85 Å². The number of nitrogens with zero attached hydrogens (tertiary/aromatic N) is 3. The zero-order valence-electron chi connectivity index (χ0n) is 12.9. The summed E-state index contributed by atoms with van der Waals surface area (Å²) in [5, 5.41) is 14.5. The zero-order chi connectivity index (χ0) is 15.8. The van der Waals surface area contributed by atoms with E-state index in [-0.39, 0.29) is 0 Å². The van der Waals surface area contributed by atoms with E-state index in [0.29, 0.717) is 6.54 Å². The number of benzene rings is 2. The minimum atomic E-state index is 0.543. The van der Waals surface area contributed by atoms with Crippen LogP contribution in [-0.4, -0.2) is 9.67 Å². The van der Waals surface area contributed by atoms with Crippen LogP contribution in [0.25, 0.3) is 21.8 Å². The lowest BCUT2D eigenvalue weighted by Gasteiger charge is -2.08. The minimum absolute atomic E-state index is 0.543. The van der Waals surface area contributed by atoms with Crippen molar-refractivity contribution in [3.63, 3.8) is 0 Å². The van der Waals surface area contributed by atoms with Gasteiger partial charge in [-0.3, -0.25) is 4.98 Å². The van der Waals surface area contributed by atoms with Crippen molar-refractivity contribution in [1.82, 2.24) is 9.67 Å². The second kappa shape index (κ2) is 5.39. The molecule has 0 aliphatic heterocycles. The van der Waals surface area contributed by atoms with Crippen LogP contribution in [0.5, 0.6) is 0 Å². The van der Waals surface area contributed by atoms with Crippen LogP contribution >= 0.6 is 0 Å². The van der Waals surface area contributed by atoms with Gasteiger partial charge in [-0.1, -0.05) is 60.3 Å². The van der Waals surface area contributed by atoms with Crippen molar-refractivity contribution >= 4 is 21.8 Å². The van der Waals surface area contributed by atoms with E-state index >= 15 is 0 Å². The third-order valence-corrected chi connectivity index (χ3v) is 4.22. The second-order valence-corrected chi connectivity index (χ2v) is 5.67. The lowest BCUT2D eigenvalue weighted by molar-refractivity contribution is -0.690. The SMILES string of the molecule is CCc1nc2ccccc2c2c[n+]([O-])n(Cc3ccccc3)c12. The highest BCUT2D eigenvalue weighted by Crippen LogP contribution is 2.26. The molecule has 0 radical (unpaired) electrons. The van der Waals surface area contributed by atoms with Gasteiger partial charge < -0.3 is 5.21 Å². The van der Waals surface area contributed by atoms with Crippen molar-refractivity contribution in [1.29, 1.82) is 0 Å². The summed E-state index contributed by atoms with van der Waals surface area (Å²) in [6.07, 6.45) is 2.46. The molecule has 0 saturated carbocycles. The molecule has 0 aliphatic rings. The largest absolute Gasteiger partial charge is 0.596 e. The molecule has 0 fully saturated rings. The first-order valence-corrected chi connectivity index (χ1v) is 7.82. The van der Waals surface area contributed by atoms with E-state index < -0.39 is 0 Å². The Labute approximate surface area is 134 Å². The van der Waals surface area contributed by atoms with Crippen LogP contribution in [0.1, 0.15) is 18.2 Å². The molecule has 4 nitrogen and oxygen atoms in total. The molecule has 2 aromatic heterocycles. The van der Waals surface area contributed by atoms with Crippen LogP contribution in [0, 0.1) is 5.21 Å². The maximum Gasteiger partial charge on any atom is 0.217 e. The second-order valence-electron chi connectivity index (χ2n) is 5.67. The van der Waals surface area contributed by atoms with E-state index in [1.807, 2.05) is 54.6 Å². The normalized spacial score (nSPS) is 11.3. The molecule has 0 amide bonds. The van der Waals surface area contributed by atoms with Crippen LogP contribution in [0.4, 0.5) is 0 Å². The first-order valence-electron chi connectivity index (χ1n) is 7.82. The van der Waals surface area contributed by atoms with Gasteiger partial charge in [-0.25, -0.2) is 0 Å². The Morgan fingerprint density at radius 1 is 1.00 bits per heavy atom. The summed E-state index contributed by atoms with van der Waals surface area (Å²) in [5.74, 6) is 0. The van der Waals surface area contributed by atoms with Gasteiger partial charge in [0.25, 0.3) is 0 Å². The Hall–Kier alpha value is -2.88. The molecule has 23 heavy (non-hydrogen) atoms. The number of aryl methyl sites for hydroxylation is 1. The van der Waals surface area contributed by atoms with Gasteiger partial charge in [0.05, 0.1) is 16.6 Å². The number of hydrogen-bond donors (Lipinski definition) is 0. The number of pyridine rings is 1. The quantitative estimate of drug-likeness (QED) is 0.430. The first-order chi connectivity index (χ1) is 11.3. The van der Waals surface area contributed by atoms with Crippen molar-refractivity contribution in [2.75, 3.05) is 0 Å². The predicted molar refractivity (Wildman–Crippen MR) is 91.1 cm³/mol. The lowest BCUT2D eigenvalue weighted by Crippen LogP contribution is -2.36. The lowest BCUT2D eigenvalue weighted by atomic mass is 10.1. The fraction of sp³-hybridized carbons (Fsp3) is 0.158. The summed E-state index contributed by atoms with van der Waals surface area (Å²) in [6, 6.07) is 18.0. The standard InChI is InChI=1S/C19H17N3O/c1-2-17-19-16(15-10-6-7-11-18(15)20-17)13-22(23)21(19)12-14-8-4-3-5-9-14/h3-11,13H,2,12H2,1H3. The highest BCUT2D eigenvalue weighted by Gasteiger charge is 2.19. The first kappa shape index (κ1) is 13.8. The van der Waals surface area contributed by atoms with Crippen LogP contribution in [0.3, 0.4) is 0 Å². The Morgan fingerprint density at radius 2 is 1.74 bits per heavy atom. The molecule has 4 aromatic rings. The average molecular weight is 303 g/mol. The molecule has 0 bridgehead atoms. The molecule has 0 saturated heterocycles. The molecule has 0 aliphatic carbocycles. The fourth-order valence-corrected chi connectivity index (χ4v) is 3.13. The molecule has 0 N–H and O–H groups in total. The monoisotopic (exact) mass is 303 g/mol. The molecular formula is C19H17N3O. The van der Waals surface area contributed by atoms with E-state index in [2.05, 4.69) is 6.92 Å². The van der Waals surface area contributed by atoms with Gasteiger partial charge in [-0.05, 0) is 18.1 Å². The smallest absolute Gasteiger partial charge is 0.217 e. The summed E-state index contributed by atoms with van der Waals surface area (Å²) >= 11 is 0. The molecule has 2 heterocycles. The van der Waals surface area contributed by atoms with Crippen LogP contribution < -0.4 is 4.85 Å². The van der Waals surface area contributed by atoms with E-state index in [1.54, 1.807) is 10.9 Å². The van der Waals surface area contributed by atoms with Gasteiger partial charge >= 0.3 is 0 Å². The molecule has 4 rings (SSSR count).